The topological polar surface area (TPSA) is 53.7 Å². The van der Waals surface area contributed by atoms with Crippen molar-refractivity contribution in [1.82, 2.24) is 4.90 Å². The molecule has 120 valence electrons. The average Bonchev–Trinajstić information content (AvgIpc) is 3.26. The maximum atomic E-state index is 12.9. The summed E-state index contributed by atoms with van der Waals surface area (Å²) in [6.07, 6.45) is 5.65. The van der Waals surface area contributed by atoms with Gasteiger partial charge in [0.15, 0.2) is 0 Å². The molecule has 1 fully saturated rings. The van der Waals surface area contributed by atoms with Crippen LogP contribution in [-0.4, -0.2) is 28.5 Å². The average molecular weight is 315 g/mol. The van der Waals surface area contributed by atoms with Gasteiger partial charge in [0.2, 0.25) is 5.91 Å². The van der Waals surface area contributed by atoms with E-state index in [0.29, 0.717) is 11.3 Å². The number of amides is 1. The summed E-state index contributed by atoms with van der Waals surface area (Å²) in [7, 11) is 0. The highest BCUT2D eigenvalue weighted by atomic mass is 19.1. The highest BCUT2D eigenvalue weighted by molar-refractivity contribution is 5.91. The molecule has 3 rings (SSSR count). The fourth-order valence-corrected chi connectivity index (χ4v) is 2.42. The molecule has 0 saturated heterocycles. The molecule has 1 N–H and O–H groups in total. The van der Waals surface area contributed by atoms with Gasteiger partial charge in [-0.05, 0) is 48.7 Å². The molecule has 1 saturated carbocycles. The van der Waals surface area contributed by atoms with E-state index in [2.05, 4.69) is 0 Å². The second-order valence-electron chi connectivity index (χ2n) is 5.64. The van der Waals surface area contributed by atoms with Crippen molar-refractivity contribution in [3.8, 4) is 0 Å². The number of aliphatic hydroxyl groups excluding tert-OH is 1. The number of halogens is 1. The minimum Gasteiger partial charge on any atom is -0.465 e. The van der Waals surface area contributed by atoms with Crippen LogP contribution in [0.4, 0.5) is 4.39 Å². The standard InChI is InChI=1S/C18H18FNO3/c19-14-5-3-13(4-6-14)17(21)12-20(15-7-8-15)18(22)10-9-16-2-1-11-23-16/h1-6,9-11,15,17,21H,7-8,12H2/b10-9+. The number of hydrogen-bond acceptors (Lipinski definition) is 3. The smallest absolute Gasteiger partial charge is 0.247 e. The lowest BCUT2D eigenvalue weighted by atomic mass is 10.1. The molecule has 2 aromatic rings. The summed E-state index contributed by atoms with van der Waals surface area (Å²) in [5.41, 5.74) is 0.597. The van der Waals surface area contributed by atoms with Gasteiger partial charge in [-0.15, -0.1) is 0 Å². The molecular weight excluding hydrogens is 297 g/mol. The minimum absolute atomic E-state index is 0.162. The van der Waals surface area contributed by atoms with E-state index >= 15 is 0 Å². The third kappa shape index (κ3) is 4.07. The van der Waals surface area contributed by atoms with Crippen LogP contribution in [0.5, 0.6) is 0 Å². The summed E-state index contributed by atoms with van der Waals surface area (Å²) in [6, 6.07) is 9.36. The molecule has 4 nitrogen and oxygen atoms in total. The van der Waals surface area contributed by atoms with Gasteiger partial charge in [-0.25, -0.2) is 4.39 Å². The summed E-state index contributed by atoms with van der Waals surface area (Å²) in [5.74, 6) is 0.0932. The van der Waals surface area contributed by atoms with Crippen LogP contribution in [0, 0.1) is 5.82 Å². The van der Waals surface area contributed by atoms with E-state index in [0.717, 1.165) is 12.8 Å². The van der Waals surface area contributed by atoms with E-state index in [1.807, 2.05) is 0 Å². The van der Waals surface area contributed by atoms with Crippen molar-refractivity contribution >= 4 is 12.0 Å². The first-order valence-corrected chi connectivity index (χ1v) is 7.59. The summed E-state index contributed by atoms with van der Waals surface area (Å²) in [5, 5.41) is 10.3. The molecule has 5 heteroatoms. The second-order valence-corrected chi connectivity index (χ2v) is 5.64. The quantitative estimate of drug-likeness (QED) is 0.833. The van der Waals surface area contributed by atoms with Crippen molar-refractivity contribution in [2.75, 3.05) is 6.54 Å². The SMILES string of the molecule is O=C(/C=C/c1ccco1)N(CC(O)c1ccc(F)cc1)C1CC1. The summed E-state index contributed by atoms with van der Waals surface area (Å²) in [4.78, 5) is 14.0. The van der Waals surface area contributed by atoms with Crippen LogP contribution in [0.15, 0.2) is 53.2 Å². The first kappa shape index (κ1) is 15.5. The molecule has 1 aliphatic rings. The molecule has 1 heterocycles. The van der Waals surface area contributed by atoms with Crippen molar-refractivity contribution in [1.29, 1.82) is 0 Å². The molecule has 0 bridgehead atoms. The number of carbonyl (C=O) groups excluding carboxylic acids is 1. The van der Waals surface area contributed by atoms with E-state index in [1.54, 1.807) is 29.4 Å². The van der Waals surface area contributed by atoms with E-state index in [4.69, 9.17) is 4.42 Å². The molecule has 1 amide bonds. The Hall–Kier alpha value is -2.40. The highest BCUT2D eigenvalue weighted by Crippen LogP contribution is 2.29. The Kier molecular flexibility index (Phi) is 4.57. The van der Waals surface area contributed by atoms with Crippen molar-refractivity contribution in [2.24, 2.45) is 0 Å². The summed E-state index contributed by atoms with van der Waals surface area (Å²) >= 11 is 0. The third-order valence-corrected chi connectivity index (χ3v) is 3.83. The lowest BCUT2D eigenvalue weighted by Gasteiger charge is -2.24. The molecule has 0 radical (unpaired) electrons. The molecule has 23 heavy (non-hydrogen) atoms. The van der Waals surface area contributed by atoms with E-state index in [1.165, 1.54) is 30.3 Å². The van der Waals surface area contributed by atoms with Gasteiger partial charge in [0, 0.05) is 12.1 Å². The van der Waals surface area contributed by atoms with E-state index in [9.17, 15) is 14.3 Å². The maximum Gasteiger partial charge on any atom is 0.247 e. The zero-order chi connectivity index (χ0) is 16.2. The van der Waals surface area contributed by atoms with Crippen LogP contribution in [0.25, 0.3) is 6.08 Å². The van der Waals surface area contributed by atoms with Gasteiger partial charge in [-0.1, -0.05) is 12.1 Å². The van der Waals surface area contributed by atoms with E-state index in [-0.39, 0.29) is 24.3 Å². The molecule has 1 aromatic carbocycles. The van der Waals surface area contributed by atoms with Crippen LogP contribution in [0.1, 0.15) is 30.3 Å². The van der Waals surface area contributed by atoms with Gasteiger partial charge in [0.05, 0.1) is 18.9 Å². The normalized spacial score (nSPS) is 15.7. The zero-order valence-electron chi connectivity index (χ0n) is 12.6. The monoisotopic (exact) mass is 315 g/mol. The Balaban J connectivity index is 1.66. The molecule has 1 unspecified atom stereocenters. The Bertz CT molecular complexity index is 675. The fraction of sp³-hybridized carbons (Fsp3) is 0.278. The van der Waals surface area contributed by atoms with Crippen molar-refractivity contribution in [3.63, 3.8) is 0 Å². The van der Waals surface area contributed by atoms with Gasteiger partial charge in [-0.2, -0.15) is 0 Å². The number of aliphatic hydroxyl groups is 1. The first-order chi connectivity index (χ1) is 11.1. The summed E-state index contributed by atoms with van der Waals surface area (Å²) in [6.45, 7) is 0.192. The van der Waals surface area contributed by atoms with Crippen LogP contribution in [-0.2, 0) is 4.79 Å². The Morgan fingerprint density at radius 2 is 2.09 bits per heavy atom. The maximum absolute atomic E-state index is 12.9. The predicted octanol–water partition coefficient (Wildman–Crippen LogP) is 3.16. The summed E-state index contributed by atoms with van der Waals surface area (Å²) < 4.78 is 18.1. The first-order valence-electron chi connectivity index (χ1n) is 7.59. The van der Waals surface area contributed by atoms with Crippen molar-refractivity contribution in [2.45, 2.75) is 25.0 Å². The number of hydrogen-bond donors (Lipinski definition) is 1. The largest absolute Gasteiger partial charge is 0.465 e. The van der Waals surface area contributed by atoms with Gasteiger partial charge in [-0.3, -0.25) is 4.79 Å². The minimum atomic E-state index is -0.836. The molecular formula is C18H18FNO3. The van der Waals surface area contributed by atoms with Crippen LogP contribution >= 0.6 is 0 Å². The Morgan fingerprint density at radius 1 is 1.35 bits per heavy atom. The van der Waals surface area contributed by atoms with Crippen molar-refractivity contribution in [3.05, 3.63) is 65.9 Å². The van der Waals surface area contributed by atoms with Gasteiger partial charge in [0.1, 0.15) is 11.6 Å². The van der Waals surface area contributed by atoms with Crippen LogP contribution in [0.3, 0.4) is 0 Å². The van der Waals surface area contributed by atoms with E-state index < -0.39 is 6.10 Å². The number of furan rings is 1. The van der Waals surface area contributed by atoms with Gasteiger partial charge in [0.25, 0.3) is 0 Å². The predicted molar refractivity (Wildman–Crippen MR) is 83.8 cm³/mol. The van der Waals surface area contributed by atoms with Crippen molar-refractivity contribution < 1.29 is 18.7 Å². The molecule has 0 aliphatic heterocycles. The number of benzene rings is 1. The zero-order valence-corrected chi connectivity index (χ0v) is 12.6. The fourth-order valence-electron chi connectivity index (χ4n) is 2.42. The third-order valence-electron chi connectivity index (χ3n) is 3.83. The van der Waals surface area contributed by atoms with Gasteiger partial charge >= 0.3 is 0 Å². The molecule has 1 atom stereocenters. The molecule has 1 aromatic heterocycles. The number of nitrogens with zero attached hydrogens (tertiary/aromatic N) is 1. The lowest BCUT2D eigenvalue weighted by molar-refractivity contribution is -0.128. The van der Waals surface area contributed by atoms with Crippen LogP contribution in [0.2, 0.25) is 0 Å². The Labute approximate surface area is 133 Å². The lowest BCUT2D eigenvalue weighted by Crippen LogP contribution is -2.35. The molecule has 1 aliphatic carbocycles. The van der Waals surface area contributed by atoms with Gasteiger partial charge < -0.3 is 14.4 Å². The van der Waals surface area contributed by atoms with Crippen LogP contribution < -0.4 is 0 Å². The second kappa shape index (κ2) is 6.79. The molecule has 0 spiro atoms. The Morgan fingerprint density at radius 3 is 2.70 bits per heavy atom. The number of carbonyl (C=O) groups is 1. The number of rotatable bonds is 6. The highest BCUT2D eigenvalue weighted by Gasteiger charge is 2.33.